The smallest absolute Gasteiger partial charge is 0.241 e. The van der Waals surface area contributed by atoms with E-state index >= 15 is 0 Å². The molecule has 4 nitrogen and oxygen atoms in total. The lowest BCUT2D eigenvalue weighted by atomic mass is 10.2. The summed E-state index contributed by atoms with van der Waals surface area (Å²) in [5, 5.41) is 6.15. The van der Waals surface area contributed by atoms with Crippen LogP contribution in [-0.2, 0) is 16.1 Å². The Morgan fingerprint density at radius 2 is 2.30 bits per heavy atom. The van der Waals surface area contributed by atoms with Gasteiger partial charge in [0.05, 0.1) is 18.8 Å². The van der Waals surface area contributed by atoms with Gasteiger partial charge in [0, 0.05) is 5.69 Å². The molecule has 0 radical (unpaired) electrons. The highest BCUT2D eigenvalue weighted by Crippen LogP contribution is 2.14. The second kappa shape index (κ2) is 8.25. The molecule has 2 N–H and O–H groups in total. The Balaban J connectivity index is 0.00000200. The molecule has 20 heavy (non-hydrogen) atoms. The molecule has 1 unspecified atom stereocenters. The van der Waals surface area contributed by atoms with Gasteiger partial charge >= 0.3 is 0 Å². The molecule has 1 fully saturated rings. The molecular formula is C15H23ClN2O2. The Labute approximate surface area is 126 Å². The van der Waals surface area contributed by atoms with E-state index in [1.165, 1.54) is 0 Å². The Morgan fingerprint density at radius 1 is 1.50 bits per heavy atom. The molecule has 112 valence electrons. The first kappa shape index (κ1) is 17.0. The first-order chi connectivity index (χ1) is 9.15. The van der Waals surface area contributed by atoms with Crippen molar-refractivity contribution in [2.45, 2.75) is 45.4 Å². The van der Waals surface area contributed by atoms with E-state index in [0.717, 1.165) is 30.6 Å². The predicted molar refractivity (Wildman–Crippen MR) is 83.3 cm³/mol. The van der Waals surface area contributed by atoms with E-state index in [1.807, 2.05) is 38.1 Å². The molecule has 1 aromatic rings. The van der Waals surface area contributed by atoms with Crippen molar-refractivity contribution in [1.82, 2.24) is 5.32 Å². The van der Waals surface area contributed by atoms with Crippen molar-refractivity contribution in [3.8, 4) is 0 Å². The van der Waals surface area contributed by atoms with Crippen molar-refractivity contribution in [1.29, 1.82) is 0 Å². The van der Waals surface area contributed by atoms with E-state index in [-0.39, 0.29) is 30.5 Å². The molecule has 5 heteroatoms. The van der Waals surface area contributed by atoms with E-state index in [9.17, 15) is 4.79 Å². The van der Waals surface area contributed by atoms with E-state index in [4.69, 9.17) is 4.74 Å². The molecule has 1 atom stereocenters. The van der Waals surface area contributed by atoms with Gasteiger partial charge < -0.3 is 15.4 Å². The quantitative estimate of drug-likeness (QED) is 0.879. The number of amides is 1. The normalized spacial score (nSPS) is 17.9. The Bertz CT molecular complexity index is 432. The van der Waals surface area contributed by atoms with Gasteiger partial charge in [-0.3, -0.25) is 4.79 Å². The molecule has 0 aromatic heterocycles. The average molecular weight is 299 g/mol. The molecule has 1 amide bonds. The number of rotatable bonds is 5. The lowest BCUT2D eigenvalue weighted by Gasteiger charge is -2.12. The Morgan fingerprint density at radius 3 is 2.95 bits per heavy atom. The molecule has 0 bridgehead atoms. The standard InChI is InChI=1S/C15H22N2O2.ClH/c1-11(2)19-10-12-5-3-6-13(9-12)17-15(18)14-7-4-8-16-14;/h3,5-6,9,11,14,16H,4,7-8,10H2,1-2H3,(H,17,18);1H. The first-order valence-corrected chi connectivity index (χ1v) is 6.90. The summed E-state index contributed by atoms with van der Waals surface area (Å²) in [5.41, 5.74) is 1.91. The minimum Gasteiger partial charge on any atom is -0.374 e. The molecule has 0 aliphatic carbocycles. The van der Waals surface area contributed by atoms with Crippen molar-refractivity contribution in [3.63, 3.8) is 0 Å². The van der Waals surface area contributed by atoms with Crippen LogP contribution in [0.25, 0.3) is 0 Å². The van der Waals surface area contributed by atoms with Crippen LogP contribution >= 0.6 is 12.4 Å². The molecule has 1 aromatic carbocycles. The summed E-state index contributed by atoms with van der Waals surface area (Å²) in [6.07, 6.45) is 2.20. The topological polar surface area (TPSA) is 50.4 Å². The second-order valence-electron chi connectivity index (χ2n) is 5.20. The average Bonchev–Trinajstić information content (AvgIpc) is 2.91. The Hall–Kier alpha value is -1.10. The third-order valence-electron chi connectivity index (χ3n) is 3.15. The van der Waals surface area contributed by atoms with Gasteiger partial charge in [-0.1, -0.05) is 12.1 Å². The van der Waals surface area contributed by atoms with E-state index in [1.54, 1.807) is 0 Å². The predicted octanol–water partition coefficient (Wildman–Crippen LogP) is 2.72. The lowest BCUT2D eigenvalue weighted by Crippen LogP contribution is -2.35. The van der Waals surface area contributed by atoms with Crippen LogP contribution in [0.3, 0.4) is 0 Å². The van der Waals surface area contributed by atoms with Crippen LogP contribution in [0.1, 0.15) is 32.3 Å². The summed E-state index contributed by atoms with van der Waals surface area (Å²) in [6.45, 7) is 5.53. The molecule has 0 spiro atoms. The van der Waals surface area contributed by atoms with E-state index in [2.05, 4.69) is 10.6 Å². The molecule has 1 heterocycles. The number of hydrogen-bond donors (Lipinski definition) is 2. The van der Waals surface area contributed by atoms with Gasteiger partial charge in [-0.15, -0.1) is 12.4 Å². The summed E-state index contributed by atoms with van der Waals surface area (Å²) in [4.78, 5) is 12.0. The van der Waals surface area contributed by atoms with Crippen LogP contribution in [0.4, 0.5) is 5.69 Å². The maximum atomic E-state index is 12.0. The fraction of sp³-hybridized carbons (Fsp3) is 0.533. The minimum atomic E-state index is -0.0458. The van der Waals surface area contributed by atoms with Gasteiger partial charge in [-0.05, 0) is 50.9 Å². The summed E-state index contributed by atoms with van der Waals surface area (Å²) in [7, 11) is 0. The van der Waals surface area contributed by atoms with Gasteiger partial charge in [0.1, 0.15) is 0 Å². The van der Waals surface area contributed by atoms with Crippen LogP contribution in [-0.4, -0.2) is 24.6 Å². The SMILES string of the molecule is CC(C)OCc1cccc(NC(=O)C2CCCN2)c1.Cl. The maximum Gasteiger partial charge on any atom is 0.241 e. The molecule has 2 rings (SSSR count). The molecule has 1 aliphatic heterocycles. The maximum absolute atomic E-state index is 12.0. The number of benzene rings is 1. The van der Waals surface area contributed by atoms with Crippen LogP contribution in [0.2, 0.25) is 0 Å². The van der Waals surface area contributed by atoms with E-state index < -0.39 is 0 Å². The van der Waals surface area contributed by atoms with E-state index in [0.29, 0.717) is 6.61 Å². The number of halogens is 1. The minimum absolute atomic E-state index is 0. The molecular weight excluding hydrogens is 276 g/mol. The fourth-order valence-electron chi connectivity index (χ4n) is 2.14. The lowest BCUT2D eigenvalue weighted by molar-refractivity contribution is -0.117. The number of carbonyl (C=O) groups excluding carboxylic acids is 1. The van der Waals surface area contributed by atoms with Crippen molar-refractivity contribution in [2.75, 3.05) is 11.9 Å². The largest absolute Gasteiger partial charge is 0.374 e. The van der Waals surface area contributed by atoms with Gasteiger partial charge in [0.2, 0.25) is 5.91 Å². The molecule has 1 saturated heterocycles. The first-order valence-electron chi connectivity index (χ1n) is 6.90. The fourth-order valence-corrected chi connectivity index (χ4v) is 2.14. The number of hydrogen-bond acceptors (Lipinski definition) is 3. The van der Waals surface area contributed by atoms with Crippen LogP contribution in [0.15, 0.2) is 24.3 Å². The van der Waals surface area contributed by atoms with Crippen LogP contribution in [0.5, 0.6) is 0 Å². The zero-order chi connectivity index (χ0) is 13.7. The highest BCUT2D eigenvalue weighted by Gasteiger charge is 2.21. The molecule has 1 aliphatic rings. The van der Waals surface area contributed by atoms with Gasteiger partial charge in [-0.25, -0.2) is 0 Å². The highest BCUT2D eigenvalue weighted by atomic mass is 35.5. The summed E-state index contributed by atoms with van der Waals surface area (Å²) in [5.74, 6) is 0.0550. The Kier molecular flexibility index (Phi) is 6.99. The summed E-state index contributed by atoms with van der Waals surface area (Å²) in [6, 6.07) is 7.78. The number of carbonyl (C=O) groups is 1. The second-order valence-corrected chi connectivity index (χ2v) is 5.20. The third-order valence-corrected chi connectivity index (χ3v) is 3.15. The highest BCUT2D eigenvalue weighted by molar-refractivity contribution is 5.95. The number of nitrogens with one attached hydrogen (secondary N) is 2. The van der Waals surface area contributed by atoms with Crippen molar-refractivity contribution in [2.24, 2.45) is 0 Å². The van der Waals surface area contributed by atoms with Gasteiger partial charge in [0.25, 0.3) is 0 Å². The number of anilines is 1. The van der Waals surface area contributed by atoms with Crippen molar-refractivity contribution in [3.05, 3.63) is 29.8 Å². The third kappa shape index (κ3) is 5.12. The summed E-state index contributed by atoms with van der Waals surface area (Å²) >= 11 is 0. The zero-order valence-corrected chi connectivity index (χ0v) is 12.8. The van der Waals surface area contributed by atoms with Crippen LogP contribution in [0, 0.1) is 0 Å². The zero-order valence-electron chi connectivity index (χ0n) is 12.0. The van der Waals surface area contributed by atoms with Crippen molar-refractivity contribution < 1.29 is 9.53 Å². The van der Waals surface area contributed by atoms with Gasteiger partial charge in [0.15, 0.2) is 0 Å². The molecule has 0 saturated carbocycles. The van der Waals surface area contributed by atoms with Crippen molar-refractivity contribution >= 4 is 24.0 Å². The van der Waals surface area contributed by atoms with Gasteiger partial charge in [-0.2, -0.15) is 0 Å². The number of ether oxygens (including phenoxy) is 1. The van der Waals surface area contributed by atoms with Crippen LogP contribution < -0.4 is 10.6 Å². The monoisotopic (exact) mass is 298 g/mol. The summed E-state index contributed by atoms with van der Waals surface area (Å²) < 4.78 is 5.56.